The number of carbonyl (C=O) groups is 2. The zero-order chi connectivity index (χ0) is 20.4. The lowest BCUT2D eigenvalue weighted by molar-refractivity contribution is -0.130. The van der Waals surface area contributed by atoms with Crippen LogP contribution >= 0.6 is 11.6 Å². The van der Waals surface area contributed by atoms with Gasteiger partial charge in [-0.25, -0.2) is 0 Å². The average Bonchev–Trinajstić information content (AvgIpc) is 3.12. The van der Waals surface area contributed by atoms with Crippen LogP contribution in [0, 0.1) is 0 Å². The van der Waals surface area contributed by atoms with Crippen molar-refractivity contribution in [3.8, 4) is 5.75 Å². The van der Waals surface area contributed by atoms with Crippen molar-refractivity contribution in [2.45, 2.75) is 44.8 Å². The summed E-state index contributed by atoms with van der Waals surface area (Å²) in [7, 11) is 0. The third-order valence-corrected chi connectivity index (χ3v) is 5.99. The summed E-state index contributed by atoms with van der Waals surface area (Å²) in [5.41, 5.74) is 3.04. The van der Waals surface area contributed by atoms with E-state index >= 15 is 0 Å². The molecule has 1 saturated heterocycles. The third kappa shape index (κ3) is 4.56. The molecular weight excluding hydrogens is 388 g/mol. The molecule has 0 aromatic heterocycles. The summed E-state index contributed by atoms with van der Waals surface area (Å²) in [5, 5.41) is 3.64. The van der Waals surface area contributed by atoms with Crippen LogP contribution in [0.1, 0.15) is 41.3 Å². The molecule has 4 rings (SSSR count). The predicted molar refractivity (Wildman–Crippen MR) is 112 cm³/mol. The fourth-order valence-electron chi connectivity index (χ4n) is 4.17. The largest absolute Gasteiger partial charge is 0.489 e. The highest BCUT2D eigenvalue weighted by atomic mass is 35.5. The molecule has 5 nitrogen and oxygen atoms in total. The summed E-state index contributed by atoms with van der Waals surface area (Å²) in [6, 6.07) is 13.5. The van der Waals surface area contributed by atoms with Crippen molar-refractivity contribution < 1.29 is 14.3 Å². The first-order valence-corrected chi connectivity index (χ1v) is 10.5. The second kappa shape index (κ2) is 8.46. The number of hydrogen-bond acceptors (Lipinski definition) is 3. The summed E-state index contributed by atoms with van der Waals surface area (Å²) in [4.78, 5) is 26.3. The molecule has 2 aliphatic rings. The molecule has 2 aromatic rings. The molecule has 0 spiro atoms. The molecule has 29 heavy (non-hydrogen) atoms. The van der Waals surface area contributed by atoms with E-state index in [9.17, 15) is 9.59 Å². The number of piperidine rings is 1. The first kappa shape index (κ1) is 19.8. The number of benzene rings is 2. The van der Waals surface area contributed by atoms with Crippen molar-refractivity contribution in [1.29, 1.82) is 0 Å². The minimum atomic E-state index is -0.165. The lowest BCUT2D eigenvalue weighted by atomic mass is 10.1. The van der Waals surface area contributed by atoms with Gasteiger partial charge >= 0.3 is 0 Å². The van der Waals surface area contributed by atoms with Gasteiger partial charge in [-0.1, -0.05) is 35.9 Å². The van der Waals surface area contributed by atoms with Crippen LogP contribution in [-0.4, -0.2) is 41.9 Å². The molecule has 6 heteroatoms. The number of likely N-dealkylation sites (tertiary alicyclic amines) is 1. The van der Waals surface area contributed by atoms with Gasteiger partial charge in [0.15, 0.2) is 0 Å². The molecule has 152 valence electrons. The van der Waals surface area contributed by atoms with E-state index in [2.05, 4.69) is 17.4 Å². The Kier molecular flexibility index (Phi) is 5.76. The number of halogens is 1. The van der Waals surface area contributed by atoms with E-state index in [0.29, 0.717) is 29.4 Å². The Balaban J connectivity index is 1.43. The fourth-order valence-corrected chi connectivity index (χ4v) is 4.35. The molecule has 1 aliphatic carbocycles. The molecular formula is C23H25ClN2O3. The van der Waals surface area contributed by atoms with Crippen molar-refractivity contribution in [2.75, 3.05) is 13.1 Å². The number of amides is 2. The zero-order valence-electron chi connectivity index (χ0n) is 16.5. The lowest BCUT2D eigenvalue weighted by Gasteiger charge is -2.31. The summed E-state index contributed by atoms with van der Waals surface area (Å²) in [6.07, 6.45) is 3.15. The first-order chi connectivity index (χ1) is 14.0. The zero-order valence-corrected chi connectivity index (χ0v) is 17.2. The minimum Gasteiger partial charge on any atom is -0.489 e. The summed E-state index contributed by atoms with van der Waals surface area (Å²) in [5.74, 6) is 0.470. The summed E-state index contributed by atoms with van der Waals surface area (Å²) < 4.78 is 6.16. The maximum absolute atomic E-state index is 13.0. The van der Waals surface area contributed by atoms with Crippen LogP contribution in [0.3, 0.4) is 0 Å². The smallest absolute Gasteiger partial charge is 0.255 e. The van der Waals surface area contributed by atoms with E-state index in [-0.39, 0.29) is 24.0 Å². The number of fused-ring (bicyclic) bond motifs is 1. The topological polar surface area (TPSA) is 58.6 Å². The van der Waals surface area contributed by atoms with Crippen molar-refractivity contribution in [1.82, 2.24) is 10.2 Å². The highest BCUT2D eigenvalue weighted by Gasteiger charge is 2.26. The molecule has 0 bridgehead atoms. The van der Waals surface area contributed by atoms with Crippen molar-refractivity contribution in [3.05, 3.63) is 64.2 Å². The molecule has 0 saturated carbocycles. The second-order valence-corrected chi connectivity index (χ2v) is 8.25. The number of rotatable bonds is 4. The van der Waals surface area contributed by atoms with E-state index in [0.717, 1.165) is 25.7 Å². The van der Waals surface area contributed by atoms with Crippen molar-refractivity contribution in [3.63, 3.8) is 0 Å². The number of nitrogens with one attached hydrogen (secondary N) is 1. The molecule has 2 amide bonds. The predicted octanol–water partition coefficient (Wildman–Crippen LogP) is 3.63. The van der Waals surface area contributed by atoms with Crippen LogP contribution in [0.2, 0.25) is 5.02 Å². The molecule has 0 unspecified atom stereocenters. The van der Waals surface area contributed by atoms with Gasteiger partial charge in [-0.3, -0.25) is 9.59 Å². The second-order valence-electron chi connectivity index (χ2n) is 7.81. The van der Waals surface area contributed by atoms with Gasteiger partial charge < -0.3 is 15.0 Å². The van der Waals surface area contributed by atoms with Gasteiger partial charge in [-0.15, -0.1) is 0 Å². The highest BCUT2D eigenvalue weighted by Crippen LogP contribution is 2.28. The van der Waals surface area contributed by atoms with E-state index in [1.165, 1.54) is 11.1 Å². The van der Waals surface area contributed by atoms with E-state index in [1.54, 1.807) is 25.1 Å². The van der Waals surface area contributed by atoms with Gasteiger partial charge in [-0.2, -0.15) is 0 Å². The standard InChI is InChI=1S/C23H25ClN2O3/c1-15(27)26-10-8-20(9-11-26)29-22-7-6-18(24)14-21(22)23(28)25-19-12-16-4-2-3-5-17(16)13-19/h2-7,14,19-20H,8-13H2,1H3,(H,25,28). The molecule has 1 N–H and O–H groups in total. The van der Waals surface area contributed by atoms with Crippen LogP contribution in [-0.2, 0) is 17.6 Å². The number of nitrogens with zero attached hydrogens (tertiary/aromatic N) is 1. The van der Waals surface area contributed by atoms with E-state index in [4.69, 9.17) is 16.3 Å². The maximum atomic E-state index is 13.0. The Bertz CT molecular complexity index is 897. The number of ether oxygens (including phenoxy) is 1. The van der Waals surface area contributed by atoms with Crippen LogP contribution in [0.5, 0.6) is 5.75 Å². The monoisotopic (exact) mass is 412 g/mol. The minimum absolute atomic E-state index is 0.0194. The Labute approximate surface area is 176 Å². The van der Waals surface area contributed by atoms with Crippen LogP contribution in [0.4, 0.5) is 0 Å². The average molecular weight is 413 g/mol. The van der Waals surface area contributed by atoms with Crippen LogP contribution in [0.15, 0.2) is 42.5 Å². The van der Waals surface area contributed by atoms with Gasteiger partial charge in [0.25, 0.3) is 5.91 Å². The molecule has 2 aromatic carbocycles. The number of hydrogen-bond donors (Lipinski definition) is 1. The fraction of sp³-hybridized carbons (Fsp3) is 0.391. The molecule has 0 atom stereocenters. The molecule has 1 fully saturated rings. The molecule has 1 aliphatic heterocycles. The normalized spacial score (nSPS) is 17.1. The van der Waals surface area contributed by atoms with Gasteiger partial charge in [0.05, 0.1) is 5.56 Å². The lowest BCUT2D eigenvalue weighted by Crippen LogP contribution is -2.41. The van der Waals surface area contributed by atoms with Crippen LogP contribution in [0.25, 0.3) is 0 Å². The van der Waals surface area contributed by atoms with E-state index in [1.807, 2.05) is 17.0 Å². The van der Waals surface area contributed by atoms with Crippen molar-refractivity contribution in [2.24, 2.45) is 0 Å². The van der Waals surface area contributed by atoms with Crippen LogP contribution < -0.4 is 10.1 Å². The van der Waals surface area contributed by atoms with E-state index < -0.39 is 0 Å². The Morgan fingerprint density at radius 2 is 1.72 bits per heavy atom. The highest BCUT2D eigenvalue weighted by molar-refractivity contribution is 6.31. The number of carbonyl (C=O) groups excluding carboxylic acids is 2. The Morgan fingerprint density at radius 1 is 1.07 bits per heavy atom. The Morgan fingerprint density at radius 3 is 2.34 bits per heavy atom. The molecule has 0 radical (unpaired) electrons. The Hall–Kier alpha value is -2.53. The SMILES string of the molecule is CC(=O)N1CCC(Oc2ccc(Cl)cc2C(=O)NC2Cc3ccccc3C2)CC1. The maximum Gasteiger partial charge on any atom is 0.255 e. The third-order valence-electron chi connectivity index (χ3n) is 5.75. The van der Waals surface area contributed by atoms with Gasteiger partial charge in [0, 0.05) is 43.9 Å². The molecule has 1 heterocycles. The van der Waals surface area contributed by atoms with Gasteiger partial charge in [0.2, 0.25) is 5.91 Å². The summed E-state index contributed by atoms with van der Waals surface area (Å²) in [6.45, 7) is 2.94. The van der Waals surface area contributed by atoms with Gasteiger partial charge in [-0.05, 0) is 42.2 Å². The first-order valence-electron chi connectivity index (χ1n) is 10.1. The van der Waals surface area contributed by atoms with Gasteiger partial charge in [0.1, 0.15) is 11.9 Å². The summed E-state index contributed by atoms with van der Waals surface area (Å²) >= 11 is 6.17. The quantitative estimate of drug-likeness (QED) is 0.834. The van der Waals surface area contributed by atoms with Crippen molar-refractivity contribution >= 4 is 23.4 Å².